The second-order valence-electron chi connectivity index (χ2n) is 18.3. The Morgan fingerprint density at radius 2 is 0.828 bits per heavy atom. The second-order valence-corrected chi connectivity index (χ2v) is 18.3. The Kier molecular flexibility index (Phi) is 7.13. The summed E-state index contributed by atoms with van der Waals surface area (Å²) >= 11 is 0. The Labute approximate surface area is 372 Å². The monoisotopic (exact) mass is 815 g/mol. The normalized spacial score (nSPS) is 15.8. The highest BCUT2D eigenvalue weighted by molar-refractivity contribution is 6.08. The van der Waals surface area contributed by atoms with E-state index in [0.717, 1.165) is 39.0 Å². The van der Waals surface area contributed by atoms with Crippen molar-refractivity contribution in [1.82, 2.24) is 0 Å². The first-order chi connectivity index (χ1) is 31.5. The summed E-state index contributed by atoms with van der Waals surface area (Å²) in [5, 5.41) is 4.75. The summed E-state index contributed by atoms with van der Waals surface area (Å²) in [6, 6.07) is 79.5. The molecular weight excluding hydrogens is 775 g/mol. The molecule has 1 aromatic heterocycles. The van der Waals surface area contributed by atoms with Crippen LogP contribution in [0.25, 0.3) is 77.2 Å². The SMILES string of the molecule is CC1(C)c2ccccc2-c2ccc(N(c3ccc4c(c3)C3(c5ccccc5-c5ccccc5-4)c4ccccc4-c4c3ccc3ccccc43)c3ccc4oc5ccccc5c4c3)cc21. The Morgan fingerprint density at radius 3 is 1.58 bits per heavy atom. The highest BCUT2D eigenvalue weighted by Crippen LogP contribution is 2.63. The number of para-hydroxylation sites is 1. The van der Waals surface area contributed by atoms with Crippen molar-refractivity contribution in [3.63, 3.8) is 0 Å². The minimum absolute atomic E-state index is 0.163. The lowest BCUT2D eigenvalue weighted by Crippen LogP contribution is -2.29. The summed E-state index contributed by atoms with van der Waals surface area (Å²) in [4.78, 5) is 2.49. The fraction of sp³-hybridized carbons (Fsp3) is 0.0645. The average Bonchev–Trinajstić information content (AvgIpc) is 3.92. The zero-order chi connectivity index (χ0) is 42.3. The smallest absolute Gasteiger partial charge is 0.135 e. The van der Waals surface area contributed by atoms with Gasteiger partial charge in [-0.2, -0.15) is 0 Å². The van der Waals surface area contributed by atoms with Crippen LogP contribution >= 0.6 is 0 Å². The molecular formula is C62H41NO. The molecule has 2 heteroatoms. The molecule has 300 valence electrons. The van der Waals surface area contributed by atoms with Crippen molar-refractivity contribution in [1.29, 1.82) is 0 Å². The Balaban J connectivity index is 1.10. The van der Waals surface area contributed by atoms with Gasteiger partial charge in [-0.05, 0) is 137 Å². The van der Waals surface area contributed by atoms with Crippen LogP contribution in [0.1, 0.15) is 47.2 Å². The number of hydrogen-bond donors (Lipinski definition) is 0. The first-order valence-corrected chi connectivity index (χ1v) is 22.4. The third-order valence-electron chi connectivity index (χ3n) is 14.9. The lowest BCUT2D eigenvalue weighted by atomic mass is 9.65. The molecule has 1 heterocycles. The van der Waals surface area contributed by atoms with Gasteiger partial charge in [-0.25, -0.2) is 0 Å². The van der Waals surface area contributed by atoms with E-state index in [0.29, 0.717) is 0 Å². The maximum Gasteiger partial charge on any atom is 0.135 e. The van der Waals surface area contributed by atoms with Gasteiger partial charge in [-0.15, -0.1) is 0 Å². The minimum Gasteiger partial charge on any atom is -0.456 e. The molecule has 2 nitrogen and oxygen atoms in total. The van der Waals surface area contributed by atoms with Crippen molar-refractivity contribution in [2.75, 3.05) is 4.90 Å². The molecule has 0 fully saturated rings. The molecule has 3 aliphatic rings. The minimum atomic E-state index is -0.630. The molecule has 0 saturated carbocycles. The van der Waals surface area contributed by atoms with Crippen molar-refractivity contribution in [3.8, 4) is 44.5 Å². The first-order valence-electron chi connectivity index (χ1n) is 22.4. The maximum absolute atomic E-state index is 6.42. The quantitative estimate of drug-likeness (QED) is 0.177. The van der Waals surface area contributed by atoms with Crippen molar-refractivity contribution < 1.29 is 4.42 Å². The van der Waals surface area contributed by atoms with Gasteiger partial charge >= 0.3 is 0 Å². The van der Waals surface area contributed by atoms with Crippen LogP contribution in [0.2, 0.25) is 0 Å². The van der Waals surface area contributed by atoms with E-state index in [9.17, 15) is 0 Å². The molecule has 14 rings (SSSR count). The van der Waals surface area contributed by atoms with E-state index >= 15 is 0 Å². The van der Waals surface area contributed by atoms with Crippen LogP contribution in [0.15, 0.2) is 217 Å². The fourth-order valence-electron chi connectivity index (χ4n) is 12.1. The van der Waals surface area contributed by atoms with E-state index in [-0.39, 0.29) is 5.41 Å². The van der Waals surface area contributed by atoms with Crippen LogP contribution in [0.5, 0.6) is 0 Å². The number of benzene rings is 10. The van der Waals surface area contributed by atoms with E-state index in [1.54, 1.807) is 0 Å². The molecule has 1 atom stereocenters. The van der Waals surface area contributed by atoms with Gasteiger partial charge in [0.25, 0.3) is 0 Å². The molecule has 0 N–H and O–H groups in total. The Morgan fingerprint density at radius 1 is 0.328 bits per heavy atom. The molecule has 1 unspecified atom stereocenters. The van der Waals surface area contributed by atoms with Crippen LogP contribution in [-0.4, -0.2) is 0 Å². The van der Waals surface area contributed by atoms with Gasteiger partial charge in [0, 0.05) is 33.2 Å². The van der Waals surface area contributed by atoms with Crippen molar-refractivity contribution in [2.24, 2.45) is 0 Å². The van der Waals surface area contributed by atoms with E-state index < -0.39 is 5.41 Å². The maximum atomic E-state index is 6.42. The molecule has 3 aliphatic carbocycles. The summed E-state index contributed by atoms with van der Waals surface area (Å²) < 4.78 is 6.42. The standard InChI is InChI=1S/C62H41NO/c1-61(2)52-23-11-7-20-46(52)48-32-29-40(36-56(48)61)63(39-30-34-59-51(35-39)49-21-10-14-26-58(49)64-59)41-28-31-47-44-18-6-5-17-43(44)45-19-8-12-24-53(45)62(57(47)37-41)54-25-13-9-22-50(54)60-42-16-4-3-15-38(42)27-33-55(60)62/h3-37H,1-2H3. The molecule has 0 aliphatic heterocycles. The van der Waals surface area contributed by atoms with Gasteiger partial charge in [0.2, 0.25) is 0 Å². The Bertz CT molecular complexity index is 3790. The molecule has 0 bridgehead atoms. The molecule has 64 heavy (non-hydrogen) atoms. The zero-order valence-corrected chi connectivity index (χ0v) is 35.6. The lowest BCUT2D eigenvalue weighted by Gasteiger charge is -2.36. The summed E-state index contributed by atoms with van der Waals surface area (Å²) in [5.41, 5.74) is 22.5. The molecule has 10 aromatic carbocycles. The zero-order valence-electron chi connectivity index (χ0n) is 35.6. The summed E-state index contributed by atoms with van der Waals surface area (Å²) in [7, 11) is 0. The van der Waals surface area contributed by atoms with Crippen LogP contribution < -0.4 is 4.90 Å². The second kappa shape index (κ2) is 12.8. The van der Waals surface area contributed by atoms with Gasteiger partial charge in [0.15, 0.2) is 0 Å². The predicted molar refractivity (Wildman–Crippen MR) is 265 cm³/mol. The topological polar surface area (TPSA) is 16.4 Å². The van der Waals surface area contributed by atoms with E-state index in [1.807, 2.05) is 6.07 Å². The number of rotatable bonds is 3. The number of fused-ring (bicyclic) bond motifs is 20. The molecule has 0 saturated heterocycles. The third kappa shape index (κ3) is 4.59. The molecule has 0 radical (unpaired) electrons. The van der Waals surface area contributed by atoms with Crippen LogP contribution in [-0.2, 0) is 10.8 Å². The highest BCUT2D eigenvalue weighted by Gasteiger charge is 2.50. The third-order valence-corrected chi connectivity index (χ3v) is 14.9. The number of anilines is 3. The van der Waals surface area contributed by atoms with Gasteiger partial charge in [-0.1, -0.05) is 178 Å². The molecule has 11 aromatic rings. The van der Waals surface area contributed by atoms with Gasteiger partial charge < -0.3 is 9.32 Å². The van der Waals surface area contributed by atoms with Crippen LogP contribution in [0, 0.1) is 0 Å². The van der Waals surface area contributed by atoms with E-state index in [2.05, 4.69) is 225 Å². The van der Waals surface area contributed by atoms with Crippen molar-refractivity contribution in [3.05, 3.63) is 246 Å². The summed E-state index contributed by atoms with van der Waals surface area (Å²) in [6.07, 6.45) is 0. The largest absolute Gasteiger partial charge is 0.456 e. The predicted octanol–water partition coefficient (Wildman–Crippen LogP) is 16.5. The van der Waals surface area contributed by atoms with Crippen LogP contribution in [0.3, 0.4) is 0 Å². The average molecular weight is 816 g/mol. The van der Waals surface area contributed by atoms with E-state index in [4.69, 9.17) is 4.42 Å². The van der Waals surface area contributed by atoms with Crippen molar-refractivity contribution >= 4 is 49.8 Å². The van der Waals surface area contributed by atoms with Gasteiger partial charge in [0.05, 0.1) is 5.41 Å². The number of hydrogen-bond acceptors (Lipinski definition) is 2. The highest BCUT2D eigenvalue weighted by atomic mass is 16.3. The van der Waals surface area contributed by atoms with Gasteiger partial charge in [0.1, 0.15) is 11.2 Å². The van der Waals surface area contributed by atoms with Crippen LogP contribution in [0.4, 0.5) is 17.1 Å². The molecule has 0 amide bonds. The van der Waals surface area contributed by atoms with Crippen molar-refractivity contribution in [2.45, 2.75) is 24.7 Å². The van der Waals surface area contributed by atoms with E-state index in [1.165, 1.54) is 88.7 Å². The fourth-order valence-corrected chi connectivity index (χ4v) is 12.1. The Hall–Kier alpha value is -7.94. The molecule has 1 spiro atoms. The summed E-state index contributed by atoms with van der Waals surface area (Å²) in [6.45, 7) is 4.74. The summed E-state index contributed by atoms with van der Waals surface area (Å²) in [5.74, 6) is 0. The lowest BCUT2D eigenvalue weighted by molar-refractivity contribution is 0.660. The number of furan rings is 1. The van der Waals surface area contributed by atoms with Gasteiger partial charge in [-0.3, -0.25) is 0 Å². The first kappa shape index (κ1) is 35.6. The number of nitrogens with zero attached hydrogens (tertiary/aromatic N) is 1.